The van der Waals surface area contributed by atoms with E-state index in [2.05, 4.69) is 4.72 Å². The smallest absolute Gasteiger partial charge is 0.241 e. The second kappa shape index (κ2) is 7.88. The van der Waals surface area contributed by atoms with E-state index in [4.69, 9.17) is 21.1 Å². The predicted octanol–water partition coefficient (Wildman–Crippen LogP) is 3.79. The molecule has 0 saturated heterocycles. The lowest BCUT2D eigenvalue weighted by Crippen LogP contribution is -2.26. The maximum absolute atomic E-state index is 12.5. The Labute approximate surface area is 147 Å². The van der Waals surface area contributed by atoms with Crippen LogP contribution in [0.15, 0.2) is 47.4 Å². The van der Waals surface area contributed by atoms with Gasteiger partial charge in [0.15, 0.2) is 0 Å². The highest BCUT2D eigenvalue weighted by atomic mass is 35.5. The van der Waals surface area contributed by atoms with Crippen LogP contribution in [0.3, 0.4) is 0 Å². The zero-order valence-corrected chi connectivity index (χ0v) is 15.3. The quantitative estimate of drug-likeness (QED) is 0.806. The van der Waals surface area contributed by atoms with Gasteiger partial charge < -0.3 is 9.47 Å². The minimum atomic E-state index is -3.70. The highest BCUT2D eigenvalue weighted by molar-refractivity contribution is 7.89. The van der Waals surface area contributed by atoms with Crippen LogP contribution >= 0.6 is 11.6 Å². The largest absolute Gasteiger partial charge is 0.497 e. The molecule has 0 fully saturated rings. The number of rotatable bonds is 7. The third kappa shape index (κ3) is 4.41. The van der Waals surface area contributed by atoms with Gasteiger partial charge in [-0.05, 0) is 49.7 Å². The summed E-state index contributed by atoms with van der Waals surface area (Å²) in [6.07, 6.45) is 0. The second-order valence-corrected chi connectivity index (χ2v) is 7.26. The van der Waals surface area contributed by atoms with E-state index in [9.17, 15) is 8.42 Å². The Morgan fingerprint density at radius 1 is 1.17 bits per heavy atom. The molecule has 0 bridgehead atoms. The molecule has 5 nitrogen and oxygen atoms in total. The van der Waals surface area contributed by atoms with E-state index in [1.165, 1.54) is 12.1 Å². The molecule has 1 N–H and O–H groups in total. The Balaban J connectivity index is 2.19. The van der Waals surface area contributed by atoms with E-state index in [1.807, 2.05) is 19.1 Å². The molecule has 0 amide bonds. The summed E-state index contributed by atoms with van der Waals surface area (Å²) in [5, 5.41) is 0.261. The Bertz CT molecular complexity index is 791. The van der Waals surface area contributed by atoms with Crippen molar-refractivity contribution in [3.8, 4) is 11.5 Å². The fraction of sp³-hybridized carbons (Fsp3) is 0.294. The lowest BCUT2D eigenvalue weighted by molar-refractivity contribution is 0.340. The normalized spacial score (nSPS) is 12.7. The van der Waals surface area contributed by atoms with Crippen molar-refractivity contribution in [2.45, 2.75) is 24.8 Å². The van der Waals surface area contributed by atoms with Crippen molar-refractivity contribution >= 4 is 21.6 Å². The average Bonchev–Trinajstić information content (AvgIpc) is 2.56. The van der Waals surface area contributed by atoms with Gasteiger partial charge in [0.05, 0.1) is 23.6 Å². The molecule has 0 aromatic heterocycles. The number of benzene rings is 2. The zero-order valence-electron chi connectivity index (χ0n) is 13.7. The van der Waals surface area contributed by atoms with E-state index >= 15 is 0 Å². The van der Waals surface area contributed by atoms with E-state index in [-0.39, 0.29) is 9.92 Å². The van der Waals surface area contributed by atoms with Gasteiger partial charge in [0.2, 0.25) is 10.0 Å². The van der Waals surface area contributed by atoms with Crippen LogP contribution in [0.2, 0.25) is 5.02 Å². The van der Waals surface area contributed by atoms with Gasteiger partial charge in [0.25, 0.3) is 0 Å². The number of hydrogen-bond acceptors (Lipinski definition) is 4. The summed E-state index contributed by atoms with van der Waals surface area (Å²) in [5.74, 6) is 1.17. The molecule has 0 aliphatic rings. The minimum Gasteiger partial charge on any atom is -0.497 e. The zero-order chi connectivity index (χ0) is 17.7. The molecule has 1 atom stereocenters. The van der Waals surface area contributed by atoms with Gasteiger partial charge >= 0.3 is 0 Å². The van der Waals surface area contributed by atoms with E-state index in [0.29, 0.717) is 18.1 Å². The Morgan fingerprint density at radius 2 is 1.83 bits per heavy atom. The SMILES string of the molecule is CCOc1ccc(S(=O)(=O)N[C@H](C)c2ccc(OC)cc2)cc1Cl. The number of nitrogens with one attached hydrogen (secondary N) is 1. The van der Waals surface area contributed by atoms with Crippen LogP contribution in [0.1, 0.15) is 25.5 Å². The molecule has 0 spiro atoms. The Hall–Kier alpha value is -1.76. The topological polar surface area (TPSA) is 64.6 Å². The summed E-state index contributed by atoms with van der Waals surface area (Å²) in [7, 11) is -2.12. The van der Waals surface area contributed by atoms with Crippen molar-refractivity contribution in [3.63, 3.8) is 0 Å². The molecular weight excluding hydrogens is 350 g/mol. The average molecular weight is 370 g/mol. The second-order valence-electron chi connectivity index (χ2n) is 5.14. The number of methoxy groups -OCH3 is 1. The Kier molecular flexibility index (Phi) is 6.10. The van der Waals surface area contributed by atoms with Gasteiger partial charge in [-0.2, -0.15) is 0 Å². The maximum Gasteiger partial charge on any atom is 0.241 e. The first-order valence-electron chi connectivity index (χ1n) is 7.46. The first-order valence-corrected chi connectivity index (χ1v) is 9.32. The van der Waals surface area contributed by atoms with Crippen molar-refractivity contribution in [3.05, 3.63) is 53.1 Å². The molecule has 0 saturated carbocycles. The van der Waals surface area contributed by atoms with Gasteiger partial charge in [-0.25, -0.2) is 13.1 Å². The third-order valence-electron chi connectivity index (χ3n) is 3.46. The maximum atomic E-state index is 12.5. The molecule has 0 aliphatic carbocycles. The summed E-state index contributed by atoms with van der Waals surface area (Å²) in [6.45, 7) is 4.06. The fourth-order valence-corrected chi connectivity index (χ4v) is 3.74. The Morgan fingerprint density at radius 3 is 2.38 bits per heavy atom. The summed E-state index contributed by atoms with van der Waals surface area (Å²) >= 11 is 6.07. The molecule has 2 aromatic rings. The van der Waals surface area contributed by atoms with Gasteiger partial charge in [-0.3, -0.25) is 0 Å². The number of halogens is 1. The monoisotopic (exact) mass is 369 g/mol. The minimum absolute atomic E-state index is 0.0938. The molecule has 7 heteroatoms. The highest BCUT2D eigenvalue weighted by Gasteiger charge is 2.19. The predicted molar refractivity (Wildman–Crippen MR) is 94.4 cm³/mol. The van der Waals surface area contributed by atoms with Gasteiger partial charge in [-0.1, -0.05) is 23.7 Å². The first-order chi connectivity index (χ1) is 11.4. The number of hydrogen-bond donors (Lipinski definition) is 1. The number of ether oxygens (including phenoxy) is 2. The van der Waals surface area contributed by atoms with Crippen LogP contribution in [0, 0.1) is 0 Å². The van der Waals surface area contributed by atoms with Crippen molar-refractivity contribution in [2.24, 2.45) is 0 Å². The van der Waals surface area contributed by atoms with Crippen molar-refractivity contribution in [2.75, 3.05) is 13.7 Å². The van der Waals surface area contributed by atoms with Crippen LogP contribution in [0.25, 0.3) is 0 Å². The van der Waals surface area contributed by atoms with Gasteiger partial charge in [0, 0.05) is 6.04 Å². The third-order valence-corrected chi connectivity index (χ3v) is 5.29. The van der Waals surface area contributed by atoms with Crippen LogP contribution < -0.4 is 14.2 Å². The van der Waals surface area contributed by atoms with Crippen molar-refractivity contribution < 1.29 is 17.9 Å². The van der Waals surface area contributed by atoms with E-state index in [0.717, 1.165) is 5.56 Å². The molecule has 2 rings (SSSR count). The summed E-state index contributed by atoms with van der Waals surface area (Å²) < 4.78 is 38.1. The standard InChI is InChI=1S/C17H20ClNO4S/c1-4-23-17-10-9-15(11-16(17)18)24(20,21)19-12(2)13-5-7-14(22-3)8-6-13/h5-12,19H,4H2,1-3H3/t12-/m1/s1. The molecular formula is C17H20ClNO4S. The summed E-state index contributed by atoms with van der Waals surface area (Å²) in [6, 6.07) is 11.2. The molecule has 0 heterocycles. The van der Waals surface area contributed by atoms with Crippen molar-refractivity contribution in [1.29, 1.82) is 0 Å². The molecule has 2 aromatic carbocycles. The number of sulfonamides is 1. The van der Waals surface area contributed by atoms with Crippen LogP contribution in [0.5, 0.6) is 11.5 Å². The molecule has 130 valence electrons. The first kappa shape index (κ1) is 18.6. The molecule has 0 radical (unpaired) electrons. The van der Waals surface area contributed by atoms with Crippen LogP contribution in [-0.2, 0) is 10.0 Å². The molecule has 0 unspecified atom stereocenters. The fourth-order valence-electron chi connectivity index (χ4n) is 2.18. The van der Waals surface area contributed by atoms with Gasteiger partial charge in [0.1, 0.15) is 11.5 Å². The van der Waals surface area contributed by atoms with Crippen molar-refractivity contribution in [1.82, 2.24) is 4.72 Å². The summed E-state index contributed by atoms with van der Waals surface area (Å²) in [4.78, 5) is 0.0938. The highest BCUT2D eigenvalue weighted by Crippen LogP contribution is 2.28. The lowest BCUT2D eigenvalue weighted by atomic mass is 10.1. The summed E-state index contributed by atoms with van der Waals surface area (Å²) in [5.41, 5.74) is 0.830. The lowest BCUT2D eigenvalue weighted by Gasteiger charge is -2.16. The van der Waals surface area contributed by atoms with Crippen LogP contribution in [-0.4, -0.2) is 22.1 Å². The van der Waals surface area contributed by atoms with E-state index < -0.39 is 16.1 Å². The van der Waals surface area contributed by atoms with E-state index in [1.54, 1.807) is 32.2 Å². The molecule has 0 aliphatic heterocycles. The van der Waals surface area contributed by atoms with Gasteiger partial charge in [-0.15, -0.1) is 0 Å². The van der Waals surface area contributed by atoms with Crippen LogP contribution in [0.4, 0.5) is 0 Å². The molecule has 24 heavy (non-hydrogen) atoms.